The van der Waals surface area contributed by atoms with Crippen molar-refractivity contribution in [1.29, 1.82) is 0 Å². The minimum absolute atomic E-state index is 0.207. The van der Waals surface area contributed by atoms with Gasteiger partial charge < -0.3 is 25.1 Å². The quantitative estimate of drug-likeness (QED) is 0.353. The van der Waals surface area contributed by atoms with E-state index >= 15 is 0 Å². The molecule has 3 aromatic heterocycles. The van der Waals surface area contributed by atoms with Gasteiger partial charge in [0.15, 0.2) is 5.76 Å². The summed E-state index contributed by atoms with van der Waals surface area (Å²) in [5, 5.41) is 7.51. The molecule has 0 spiro atoms. The number of anilines is 2. The molecule has 1 aromatic carbocycles. The van der Waals surface area contributed by atoms with Crippen LogP contribution < -0.4 is 15.8 Å². The van der Waals surface area contributed by atoms with Crippen molar-refractivity contribution in [2.45, 2.75) is 25.7 Å². The molecule has 0 aliphatic carbocycles. The average Bonchev–Trinajstić information content (AvgIpc) is 3.59. The standard InChI is InChI=1S/C23H28N8O2/c24-21-27-22(28-23-26-20(29-31(21)23)19-5-3-15-33-19)25-11-10-17-6-8-18(9-7-17)32-16-4-14-30-12-1-2-13-30/h3,5-9,15H,1-2,4,10-14,16H2,(H3,24,25,26,27,28,29). The van der Waals surface area contributed by atoms with Gasteiger partial charge in [-0.25, -0.2) is 0 Å². The number of ether oxygens (including phenoxy) is 1. The first kappa shape index (κ1) is 21.2. The maximum absolute atomic E-state index is 6.03. The number of nitrogen functional groups attached to an aromatic ring is 1. The van der Waals surface area contributed by atoms with Crippen molar-refractivity contribution in [2.24, 2.45) is 0 Å². The Morgan fingerprint density at radius 1 is 1.06 bits per heavy atom. The number of hydrogen-bond acceptors (Lipinski definition) is 9. The van der Waals surface area contributed by atoms with Crippen LogP contribution in [0, 0.1) is 0 Å². The molecule has 10 nitrogen and oxygen atoms in total. The van der Waals surface area contributed by atoms with Crippen LogP contribution >= 0.6 is 0 Å². The van der Waals surface area contributed by atoms with E-state index in [-0.39, 0.29) is 5.95 Å². The average molecular weight is 449 g/mol. The van der Waals surface area contributed by atoms with E-state index in [4.69, 9.17) is 14.9 Å². The summed E-state index contributed by atoms with van der Waals surface area (Å²) in [6.45, 7) is 5.01. The van der Waals surface area contributed by atoms with E-state index in [1.54, 1.807) is 18.4 Å². The molecular weight excluding hydrogens is 420 g/mol. The van der Waals surface area contributed by atoms with Gasteiger partial charge in [0.05, 0.1) is 12.9 Å². The van der Waals surface area contributed by atoms with Gasteiger partial charge in [0.2, 0.25) is 17.7 Å². The minimum atomic E-state index is 0.207. The number of nitrogens with one attached hydrogen (secondary N) is 1. The molecule has 5 rings (SSSR count). The van der Waals surface area contributed by atoms with Crippen LogP contribution in [-0.2, 0) is 6.42 Å². The molecule has 172 valence electrons. The predicted molar refractivity (Wildman–Crippen MR) is 125 cm³/mol. The SMILES string of the molecule is Nc1nc(NCCc2ccc(OCCCN3CCCC3)cc2)nc2nc(-c3ccco3)nn12. The summed E-state index contributed by atoms with van der Waals surface area (Å²) in [6.07, 6.45) is 6.11. The van der Waals surface area contributed by atoms with Crippen molar-refractivity contribution in [3.05, 3.63) is 48.2 Å². The van der Waals surface area contributed by atoms with Crippen molar-refractivity contribution < 1.29 is 9.15 Å². The maximum atomic E-state index is 6.03. The zero-order chi connectivity index (χ0) is 22.5. The Kier molecular flexibility index (Phi) is 6.34. The molecule has 4 heterocycles. The van der Waals surface area contributed by atoms with Crippen LogP contribution in [0.2, 0.25) is 0 Å². The first-order valence-corrected chi connectivity index (χ1v) is 11.4. The molecule has 0 radical (unpaired) electrons. The summed E-state index contributed by atoms with van der Waals surface area (Å²) in [6, 6.07) is 11.8. The third kappa shape index (κ3) is 5.23. The van der Waals surface area contributed by atoms with Gasteiger partial charge >= 0.3 is 0 Å². The van der Waals surface area contributed by atoms with Crippen LogP contribution in [0.4, 0.5) is 11.9 Å². The molecule has 1 aliphatic heterocycles. The number of rotatable bonds is 10. The number of fused-ring (bicyclic) bond motifs is 1. The lowest BCUT2D eigenvalue weighted by Gasteiger charge is -2.14. The largest absolute Gasteiger partial charge is 0.494 e. The van der Waals surface area contributed by atoms with Crippen LogP contribution in [0.3, 0.4) is 0 Å². The third-order valence-corrected chi connectivity index (χ3v) is 5.68. The van der Waals surface area contributed by atoms with Gasteiger partial charge in [-0.3, -0.25) is 0 Å². The molecule has 1 saturated heterocycles. The summed E-state index contributed by atoms with van der Waals surface area (Å²) in [7, 11) is 0. The van der Waals surface area contributed by atoms with E-state index < -0.39 is 0 Å². The highest BCUT2D eigenvalue weighted by Crippen LogP contribution is 2.18. The summed E-state index contributed by atoms with van der Waals surface area (Å²) < 4.78 is 12.6. The molecule has 4 aromatic rings. The summed E-state index contributed by atoms with van der Waals surface area (Å²) in [5.74, 6) is 2.86. The normalized spacial score (nSPS) is 14.2. The van der Waals surface area contributed by atoms with Gasteiger partial charge in [0.25, 0.3) is 5.78 Å². The van der Waals surface area contributed by atoms with Crippen LogP contribution in [0.5, 0.6) is 5.75 Å². The Bertz CT molecular complexity index is 1170. The Balaban J connectivity index is 1.10. The van der Waals surface area contributed by atoms with Crippen molar-refractivity contribution in [3.8, 4) is 17.3 Å². The molecule has 3 N–H and O–H groups in total. The van der Waals surface area contributed by atoms with E-state index in [9.17, 15) is 0 Å². The highest BCUT2D eigenvalue weighted by atomic mass is 16.5. The number of likely N-dealkylation sites (tertiary alicyclic amines) is 1. The first-order chi connectivity index (χ1) is 16.2. The Labute approximate surface area is 191 Å². The fourth-order valence-electron chi connectivity index (χ4n) is 3.95. The molecule has 0 amide bonds. The Morgan fingerprint density at radius 2 is 1.91 bits per heavy atom. The van der Waals surface area contributed by atoms with E-state index in [0.29, 0.717) is 29.9 Å². The molecular formula is C23H28N8O2. The van der Waals surface area contributed by atoms with Crippen molar-refractivity contribution in [3.63, 3.8) is 0 Å². The van der Waals surface area contributed by atoms with Crippen LogP contribution in [0.15, 0.2) is 47.1 Å². The maximum Gasteiger partial charge on any atom is 0.259 e. The second-order valence-corrected chi connectivity index (χ2v) is 8.10. The summed E-state index contributed by atoms with van der Waals surface area (Å²) in [4.78, 5) is 15.6. The lowest BCUT2D eigenvalue weighted by Crippen LogP contribution is -2.21. The number of nitrogens with zero attached hydrogens (tertiary/aromatic N) is 6. The monoisotopic (exact) mass is 448 g/mol. The smallest absolute Gasteiger partial charge is 0.259 e. The number of furan rings is 1. The Morgan fingerprint density at radius 3 is 2.70 bits per heavy atom. The van der Waals surface area contributed by atoms with E-state index in [0.717, 1.165) is 31.7 Å². The molecule has 0 atom stereocenters. The molecule has 1 aliphatic rings. The number of aromatic nitrogens is 5. The van der Waals surface area contributed by atoms with Crippen LogP contribution in [0.1, 0.15) is 24.8 Å². The van der Waals surface area contributed by atoms with E-state index in [2.05, 4.69) is 42.4 Å². The van der Waals surface area contributed by atoms with Crippen molar-refractivity contribution >= 4 is 17.7 Å². The number of hydrogen-bond donors (Lipinski definition) is 2. The summed E-state index contributed by atoms with van der Waals surface area (Å²) in [5.41, 5.74) is 7.23. The zero-order valence-electron chi connectivity index (χ0n) is 18.5. The zero-order valence-corrected chi connectivity index (χ0v) is 18.5. The van der Waals surface area contributed by atoms with Crippen LogP contribution in [0.25, 0.3) is 17.4 Å². The van der Waals surface area contributed by atoms with E-state index in [1.165, 1.54) is 36.0 Å². The predicted octanol–water partition coefficient (Wildman–Crippen LogP) is 2.88. The lowest BCUT2D eigenvalue weighted by atomic mass is 10.1. The highest BCUT2D eigenvalue weighted by molar-refractivity contribution is 5.52. The van der Waals surface area contributed by atoms with Gasteiger partial charge in [-0.2, -0.15) is 19.5 Å². The number of nitrogens with two attached hydrogens (primary N) is 1. The second-order valence-electron chi connectivity index (χ2n) is 8.10. The van der Waals surface area contributed by atoms with Gasteiger partial charge in [0, 0.05) is 13.1 Å². The molecule has 10 heteroatoms. The highest BCUT2D eigenvalue weighted by Gasteiger charge is 2.14. The van der Waals surface area contributed by atoms with Gasteiger partial charge in [-0.15, -0.1) is 5.10 Å². The topological polar surface area (TPSA) is 120 Å². The van der Waals surface area contributed by atoms with E-state index in [1.807, 2.05) is 12.1 Å². The van der Waals surface area contributed by atoms with Gasteiger partial charge in [-0.1, -0.05) is 12.1 Å². The minimum Gasteiger partial charge on any atom is -0.494 e. The molecule has 0 saturated carbocycles. The second kappa shape index (κ2) is 9.86. The first-order valence-electron chi connectivity index (χ1n) is 11.4. The molecule has 33 heavy (non-hydrogen) atoms. The van der Waals surface area contributed by atoms with Gasteiger partial charge in [-0.05, 0) is 68.6 Å². The molecule has 1 fully saturated rings. The Hall–Kier alpha value is -3.66. The fourth-order valence-corrected chi connectivity index (χ4v) is 3.95. The number of benzene rings is 1. The molecule has 0 unspecified atom stereocenters. The fraction of sp³-hybridized carbons (Fsp3) is 0.391. The van der Waals surface area contributed by atoms with Crippen molar-refractivity contribution in [2.75, 3.05) is 43.8 Å². The van der Waals surface area contributed by atoms with Gasteiger partial charge in [0.1, 0.15) is 5.75 Å². The van der Waals surface area contributed by atoms with Crippen LogP contribution in [-0.4, -0.2) is 62.3 Å². The van der Waals surface area contributed by atoms with Crippen molar-refractivity contribution in [1.82, 2.24) is 29.5 Å². The summed E-state index contributed by atoms with van der Waals surface area (Å²) >= 11 is 0. The third-order valence-electron chi connectivity index (χ3n) is 5.68. The molecule has 0 bridgehead atoms. The lowest BCUT2D eigenvalue weighted by molar-refractivity contribution is 0.263.